The van der Waals surface area contributed by atoms with Gasteiger partial charge in [0, 0.05) is 19.6 Å². The minimum Gasteiger partial charge on any atom is -0.357 e. The third-order valence-electron chi connectivity index (χ3n) is 2.90. The van der Waals surface area contributed by atoms with Crippen molar-refractivity contribution in [3.05, 3.63) is 35.9 Å². The van der Waals surface area contributed by atoms with E-state index in [2.05, 4.69) is 59.1 Å². The summed E-state index contributed by atoms with van der Waals surface area (Å²) in [4.78, 5) is 4.61. The zero-order chi connectivity index (χ0) is 14.5. The van der Waals surface area contributed by atoms with E-state index in [1.807, 2.05) is 11.8 Å². The van der Waals surface area contributed by atoms with E-state index in [9.17, 15) is 0 Å². The first-order chi connectivity index (χ1) is 9.86. The van der Waals surface area contributed by atoms with E-state index in [-0.39, 0.29) is 0 Å². The largest absolute Gasteiger partial charge is 0.357 e. The minimum absolute atomic E-state index is 0.868. The van der Waals surface area contributed by atoms with Crippen LogP contribution in [0.1, 0.15) is 25.3 Å². The second-order valence-electron chi connectivity index (χ2n) is 4.62. The van der Waals surface area contributed by atoms with Crippen molar-refractivity contribution >= 4 is 17.7 Å². The van der Waals surface area contributed by atoms with Gasteiger partial charge in [0.15, 0.2) is 5.96 Å². The number of aliphatic imine (C=N–C) groups is 1. The number of guanidine groups is 1. The Morgan fingerprint density at radius 2 is 1.95 bits per heavy atom. The first-order valence-electron chi connectivity index (χ1n) is 7.42. The lowest BCUT2D eigenvalue weighted by Crippen LogP contribution is -2.38. The highest BCUT2D eigenvalue weighted by Gasteiger charge is 1.96. The van der Waals surface area contributed by atoms with Crippen LogP contribution in [0.4, 0.5) is 0 Å². The molecule has 0 aliphatic rings. The molecule has 2 N–H and O–H groups in total. The van der Waals surface area contributed by atoms with E-state index in [0.29, 0.717) is 0 Å². The fourth-order valence-corrected chi connectivity index (χ4v) is 2.32. The van der Waals surface area contributed by atoms with Crippen LogP contribution in [0, 0.1) is 0 Å². The maximum atomic E-state index is 4.61. The van der Waals surface area contributed by atoms with E-state index in [0.717, 1.165) is 38.4 Å². The highest BCUT2D eigenvalue weighted by Crippen LogP contribution is 2.02. The Bertz CT molecular complexity index is 365. The number of nitrogens with one attached hydrogen (secondary N) is 2. The molecular formula is C16H27N3S. The van der Waals surface area contributed by atoms with Gasteiger partial charge in [0.25, 0.3) is 0 Å². The molecule has 1 aromatic carbocycles. The summed E-state index contributed by atoms with van der Waals surface area (Å²) in [5.41, 5.74) is 1.39. The van der Waals surface area contributed by atoms with Gasteiger partial charge in [-0.05, 0) is 43.8 Å². The summed E-state index contributed by atoms with van der Waals surface area (Å²) < 4.78 is 0. The zero-order valence-corrected chi connectivity index (χ0v) is 13.5. The van der Waals surface area contributed by atoms with Gasteiger partial charge in [-0.25, -0.2) is 0 Å². The molecule has 4 heteroatoms. The standard InChI is InChI=1S/C16H27N3S/c1-3-17-16(19-13-8-14-20-2)18-12-7-11-15-9-5-4-6-10-15/h4-6,9-10H,3,7-8,11-14H2,1-2H3,(H2,17,18,19). The molecule has 0 saturated carbocycles. The lowest BCUT2D eigenvalue weighted by atomic mass is 10.1. The van der Waals surface area contributed by atoms with Crippen LogP contribution in [0.25, 0.3) is 0 Å². The van der Waals surface area contributed by atoms with Crippen LogP contribution in [0.5, 0.6) is 0 Å². The van der Waals surface area contributed by atoms with Crippen LogP contribution in [-0.4, -0.2) is 37.6 Å². The molecule has 1 rings (SSSR count). The quantitative estimate of drug-likeness (QED) is 0.417. The molecule has 0 unspecified atom stereocenters. The molecule has 0 atom stereocenters. The van der Waals surface area contributed by atoms with Crippen molar-refractivity contribution in [1.29, 1.82) is 0 Å². The van der Waals surface area contributed by atoms with E-state index in [1.54, 1.807) is 0 Å². The Kier molecular flexibility index (Phi) is 9.84. The number of rotatable bonds is 9. The van der Waals surface area contributed by atoms with Gasteiger partial charge in [-0.2, -0.15) is 11.8 Å². The average Bonchev–Trinajstić information content (AvgIpc) is 2.49. The first-order valence-corrected chi connectivity index (χ1v) is 8.81. The summed E-state index contributed by atoms with van der Waals surface area (Å²) in [5, 5.41) is 6.67. The Morgan fingerprint density at radius 3 is 2.65 bits per heavy atom. The lowest BCUT2D eigenvalue weighted by molar-refractivity contribution is 0.771. The number of thioether (sulfide) groups is 1. The number of benzene rings is 1. The minimum atomic E-state index is 0.868. The predicted octanol–water partition coefficient (Wildman–Crippen LogP) is 2.93. The molecule has 0 radical (unpaired) electrons. The Hall–Kier alpha value is -1.16. The molecule has 0 spiro atoms. The summed E-state index contributed by atoms with van der Waals surface area (Å²) in [6.07, 6.45) is 5.50. The molecule has 0 bridgehead atoms. The number of hydrogen-bond acceptors (Lipinski definition) is 2. The Balaban J connectivity index is 2.24. The van der Waals surface area contributed by atoms with E-state index in [4.69, 9.17) is 0 Å². The van der Waals surface area contributed by atoms with Gasteiger partial charge < -0.3 is 10.6 Å². The van der Waals surface area contributed by atoms with Crippen molar-refractivity contribution in [2.45, 2.75) is 26.2 Å². The third-order valence-corrected chi connectivity index (χ3v) is 3.60. The van der Waals surface area contributed by atoms with Crippen LogP contribution in [-0.2, 0) is 6.42 Å². The molecule has 0 aliphatic carbocycles. The molecule has 20 heavy (non-hydrogen) atoms. The first kappa shape index (κ1) is 16.9. The Labute approximate surface area is 127 Å². The second kappa shape index (κ2) is 11.6. The topological polar surface area (TPSA) is 36.4 Å². The number of hydrogen-bond donors (Lipinski definition) is 2. The zero-order valence-electron chi connectivity index (χ0n) is 12.7. The van der Waals surface area contributed by atoms with Crippen LogP contribution in [0.15, 0.2) is 35.3 Å². The van der Waals surface area contributed by atoms with Gasteiger partial charge in [0.2, 0.25) is 0 Å². The number of nitrogens with zero attached hydrogens (tertiary/aromatic N) is 1. The monoisotopic (exact) mass is 293 g/mol. The summed E-state index contributed by atoms with van der Waals surface area (Å²) in [6.45, 7) is 4.87. The van der Waals surface area contributed by atoms with Gasteiger partial charge in [-0.3, -0.25) is 4.99 Å². The third kappa shape index (κ3) is 8.10. The summed E-state index contributed by atoms with van der Waals surface area (Å²) >= 11 is 1.89. The fraction of sp³-hybridized carbons (Fsp3) is 0.562. The van der Waals surface area contributed by atoms with Crippen LogP contribution < -0.4 is 10.6 Å². The molecule has 0 saturated heterocycles. The molecule has 112 valence electrons. The van der Waals surface area contributed by atoms with E-state index < -0.39 is 0 Å². The van der Waals surface area contributed by atoms with Crippen molar-refractivity contribution in [3.8, 4) is 0 Å². The van der Waals surface area contributed by atoms with Gasteiger partial charge in [0.05, 0.1) is 0 Å². The SMILES string of the molecule is CCNC(=NCCCc1ccccc1)NCCCSC. The number of aryl methyl sites for hydroxylation is 1. The normalized spacial score (nSPS) is 11.4. The molecule has 0 fully saturated rings. The molecule has 0 aliphatic heterocycles. The van der Waals surface area contributed by atoms with E-state index in [1.165, 1.54) is 17.7 Å². The van der Waals surface area contributed by atoms with Crippen molar-refractivity contribution < 1.29 is 0 Å². The molecule has 0 aromatic heterocycles. The summed E-state index contributed by atoms with van der Waals surface area (Å²) in [6, 6.07) is 10.6. The highest BCUT2D eigenvalue weighted by atomic mass is 32.2. The lowest BCUT2D eigenvalue weighted by Gasteiger charge is -2.10. The van der Waals surface area contributed by atoms with Gasteiger partial charge in [-0.1, -0.05) is 30.3 Å². The Morgan fingerprint density at radius 1 is 1.15 bits per heavy atom. The maximum absolute atomic E-state index is 4.61. The average molecular weight is 293 g/mol. The van der Waals surface area contributed by atoms with Crippen molar-refractivity contribution in [2.75, 3.05) is 31.6 Å². The molecular weight excluding hydrogens is 266 g/mol. The fourth-order valence-electron chi connectivity index (χ4n) is 1.88. The van der Waals surface area contributed by atoms with E-state index >= 15 is 0 Å². The highest BCUT2D eigenvalue weighted by molar-refractivity contribution is 7.98. The van der Waals surface area contributed by atoms with Gasteiger partial charge in [0.1, 0.15) is 0 Å². The van der Waals surface area contributed by atoms with Gasteiger partial charge >= 0.3 is 0 Å². The molecule has 1 aromatic rings. The second-order valence-corrected chi connectivity index (χ2v) is 5.61. The van der Waals surface area contributed by atoms with Crippen LogP contribution >= 0.6 is 11.8 Å². The smallest absolute Gasteiger partial charge is 0.191 e. The van der Waals surface area contributed by atoms with Gasteiger partial charge in [-0.15, -0.1) is 0 Å². The molecule has 3 nitrogen and oxygen atoms in total. The molecule has 0 heterocycles. The predicted molar refractivity (Wildman–Crippen MR) is 91.7 cm³/mol. The van der Waals surface area contributed by atoms with Crippen molar-refractivity contribution in [3.63, 3.8) is 0 Å². The van der Waals surface area contributed by atoms with Crippen molar-refractivity contribution in [1.82, 2.24) is 10.6 Å². The molecule has 0 amide bonds. The summed E-state index contributed by atoms with van der Waals surface area (Å²) in [5.74, 6) is 2.14. The van der Waals surface area contributed by atoms with Crippen LogP contribution in [0.2, 0.25) is 0 Å². The van der Waals surface area contributed by atoms with Crippen molar-refractivity contribution in [2.24, 2.45) is 4.99 Å². The summed E-state index contributed by atoms with van der Waals surface area (Å²) in [7, 11) is 0. The maximum Gasteiger partial charge on any atom is 0.191 e. The van der Waals surface area contributed by atoms with Crippen LogP contribution in [0.3, 0.4) is 0 Å².